The zero-order valence-corrected chi connectivity index (χ0v) is 20.0. The molecule has 2 heterocycles. The van der Waals surface area contributed by atoms with E-state index in [0.29, 0.717) is 23.7 Å². The summed E-state index contributed by atoms with van der Waals surface area (Å²) in [5.74, 6) is 2.60. The molecule has 2 aromatic rings. The minimum atomic E-state index is 0. The van der Waals surface area contributed by atoms with Gasteiger partial charge in [-0.1, -0.05) is 74.5 Å². The molecule has 31 heavy (non-hydrogen) atoms. The molecule has 0 spiro atoms. The lowest BCUT2D eigenvalue weighted by atomic mass is 9.71. The Hall–Kier alpha value is -1.39. The molecule has 0 amide bonds. The maximum atomic E-state index is 7.06. The topological polar surface area (TPSA) is 32.5 Å². The van der Waals surface area contributed by atoms with Gasteiger partial charge < -0.3 is 5.73 Å². The fourth-order valence-corrected chi connectivity index (χ4v) is 5.63. The molecule has 2 aromatic carbocycles. The van der Waals surface area contributed by atoms with E-state index in [0.717, 1.165) is 26.2 Å². The van der Waals surface area contributed by atoms with Crippen molar-refractivity contribution in [1.29, 1.82) is 0 Å². The number of rotatable bonds is 6. The third kappa shape index (κ3) is 6.32. The average Bonchev–Trinajstić information content (AvgIpc) is 2.77. The van der Waals surface area contributed by atoms with Crippen molar-refractivity contribution in [3.8, 4) is 0 Å². The quantitative estimate of drug-likeness (QED) is 0.680. The third-order valence-corrected chi connectivity index (χ3v) is 7.69. The van der Waals surface area contributed by atoms with Crippen molar-refractivity contribution in [2.45, 2.75) is 45.8 Å². The summed E-state index contributed by atoms with van der Waals surface area (Å²) in [6.07, 6.45) is 2.53. The number of hydrogen-bond acceptors (Lipinski definition) is 3. The van der Waals surface area contributed by atoms with Crippen LogP contribution < -0.4 is 5.73 Å². The van der Waals surface area contributed by atoms with Gasteiger partial charge in [0, 0.05) is 32.2 Å². The lowest BCUT2D eigenvalue weighted by molar-refractivity contribution is 0.0420. The molecule has 0 saturated carbocycles. The Morgan fingerprint density at radius 1 is 0.742 bits per heavy atom. The van der Waals surface area contributed by atoms with E-state index in [1.807, 2.05) is 0 Å². The van der Waals surface area contributed by atoms with E-state index in [-0.39, 0.29) is 18.4 Å². The van der Waals surface area contributed by atoms with Crippen LogP contribution in [-0.4, -0.2) is 42.0 Å². The number of likely N-dealkylation sites (tertiary alicyclic amines) is 2. The smallest absolute Gasteiger partial charge is 0.0233 e. The Bertz CT molecular complexity index is 703. The number of benzene rings is 2. The molecule has 0 aromatic heterocycles. The van der Waals surface area contributed by atoms with E-state index in [2.05, 4.69) is 84.3 Å². The summed E-state index contributed by atoms with van der Waals surface area (Å²) < 4.78 is 0. The molecule has 0 bridgehead atoms. The molecule has 0 radical (unpaired) electrons. The molecule has 4 rings (SSSR count). The van der Waals surface area contributed by atoms with Crippen molar-refractivity contribution in [2.24, 2.45) is 29.4 Å². The van der Waals surface area contributed by atoms with Crippen LogP contribution >= 0.6 is 12.4 Å². The second-order valence-corrected chi connectivity index (χ2v) is 9.88. The van der Waals surface area contributed by atoms with Crippen LogP contribution in [-0.2, 0) is 13.1 Å². The highest BCUT2D eigenvalue weighted by Crippen LogP contribution is 2.34. The maximum absolute atomic E-state index is 7.06. The molecule has 0 aliphatic carbocycles. The van der Waals surface area contributed by atoms with Crippen molar-refractivity contribution in [2.75, 3.05) is 26.2 Å². The van der Waals surface area contributed by atoms with E-state index in [4.69, 9.17) is 5.73 Å². The summed E-state index contributed by atoms with van der Waals surface area (Å²) in [7, 11) is 0. The van der Waals surface area contributed by atoms with Gasteiger partial charge >= 0.3 is 0 Å². The van der Waals surface area contributed by atoms with Gasteiger partial charge in [-0.3, -0.25) is 9.80 Å². The third-order valence-electron chi connectivity index (χ3n) is 7.69. The highest BCUT2D eigenvalue weighted by molar-refractivity contribution is 5.85. The predicted molar refractivity (Wildman–Crippen MR) is 133 cm³/mol. The summed E-state index contributed by atoms with van der Waals surface area (Å²) in [4.78, 5) is 5.27. The molecule has 2 saturated heterocycles. The summed E-state index contributed by atoms with van der Waals surface area (Å²) >= 11 is 0. The number of nitrogens with two attached hydrogens (primary N) is 1. The zero-order valence-electron chi connectivity index (χ0n) is 19.2. The minimum absolute atomic E-state index is 0. The number of hydrogen-bond donors (Lipinski definition) is 1. The van der Waals surface area contributed by atoms with Gasteiger partial charge in [0.15, 0.2) is 0 Å². The Balaban J connectivity index is 0.00000272. The van der Waals surface area contributed by atoms with E-state index < -0.39 is 0 Å². The van der Waals surface area contributed by atoms with Gasteiger partial charge in [-0.25, -0.2) is 0 Å². The van der Waals surface area contributed by atoms with Crippen molar-refractivity contribution < 1.29 is 0 Å². The van der Waals surface area contributed by atoms with Crippen LogP contribution in [0.15, 0.2) is 60.7 Å². The molecule has 2 fully saturated rings. The van der Waals surface area contributed by atoms with Crippen LogP contribution in [0.2, 0.25) is 0 Å². The molecule has 2 aliphatic heterocycles. The summed E-state index contributed by atoms with van der Waals surface area (Å²) in [6.45, 7) is 11.6. The standard InChI is InChI=1S/C27H39N3.ClH/c1-21-13-15-29(17-23-9-5-3-6-10-23)19-25(21)27(28)26-20-30(16-14-22(26)2)18-24-11-7-4-8-12-24;/h3-12,21-22,25-27H,13-20,28H2,1-2H3;1H. The second-order valence-electron chi connectivity index (χ2n) is 9.88. The highest BCUT2D eigenvalue weighted by atomic mass is 35.5. The SMILES string of the molecule is CC1CCN(Cc2ccccc2)CC1C(N)C1CN(Cc2ccccc2)CCC1C.Cl. The molecular weight excluding hydrogens is 402 g/mol. The fourth-order valence-electron chi connectivity index (χ4n) is 5.63. The second kappa shape index (κ2) is 11.5. The van der Waals surface area contributed by atoms with Gasteiger partial charge in [-0.05, 0) is 60.7 Å². The highest BCUT2D eigenvalue weighted by Gasteiger charge is 2.38. The van der Waals surface area contributed by atoms with Crippen LogP contribution in [0.25, 0.3) is 0 Å². The van der Waals surface area contributed by atoms with Crippen LogP contribution in [0.3, 0.4) is 0 Å². The Morgan fingerprint density at radius 2 is 1.13 bits per heavy atom. The van der Waals surface area contributed by atoms with Crippen molar-refractivity contribution in [3.63, 3.8) is 0 Å². The monoisotopic (exact) mass is 441 g/mol. The molecule has 4 heteroatoms. The van der Waals surface area contributed by atoms with Crippen LogP contribution in [0.4, 0.5) is 0 Å². The van der Waals surface area contributed by atoms with Gasteiger partial charge in [0.05, 0.1) is 0 Å². The van der Waals surface area contributed by atoms with Crippen molar-refractivity contribution in [3.05, 3.63) is 71.8 Å². The molecule has 4 atom stereocenters. The lowest BCUT2D eigenvalue weighted by Gasteiger charge is -2.46. The van der Waals surface area contributed by atoms with Crippen LogP contribution in [0.5, 0.6) is 0 Å². The Kier molecular flexibility index (Phi) is 8.97. The fraction of sp³-hybridized carbons (Fsp3) is 0.556. The van der Waals surface area contributed by atoms with Gasteiger partial charge in [0.25, 0.3) is 0 Å². The first-order chi connectivity index (χ1) is 14.6. The summed E-state index contributed by atoms with van der Waals surface area (Å²) in [5.41, 5.74) is 9.89. The normalized spacial score (nSPS) is 28.6. The minimum Gasteiger partial charge on any atom is -0.327 e. The van der Waals surface area contributed by atoms with Crippen molar-refractivity contribution in [1.82, 2.24) is 9.80 Å². The number of piperidine rings is 2. The Labute approximate surface area is 195 Å². The number of nitrogens with zero attached hydrogens (tertiary/aromatic N) is 2. The van der Waals surface area contributed by atoms with Crippen molar-refractivity contribution >= 4 is 12.4 Å². The molecular formula is C27H40ClN3. The molecule has 170 valence electrons. The average molecular weight is 442 g/mol. The van der Waals surface area contributed by atoms with E-state index in [9.17, 15) is 0 Å². The van der Waals surface area contributed by atoms with E-state index in [1.54, 1.807) is 0 Å². The maximum Gasteiger partial charge on any atom is 0.0233 e. The zero-order chi connectivity index (χ0) is 20.9. The first-order valence-corrected chi connectivity index (χ1v) is 11.9. The van der Waals surface area contributed by atoms with Gasteiger partial charge in [-0.15, -0.1) is 12.4 Å². The van der Waals surface area contributed by atoms with E-state index in [1.165, 1.54) is 37.1 Å². The van der Waals surface area contributed by atoms with Crippen LogP contribution in [0, 0.1) is 23.7 Å². The molecule has 4 unspecified atom stereocenters. The molecule has 2 N–H and O–H groups in total. The van der Waals surface area contributed by atoms with Crippen LogP contribution in [0.1, 0.15) is 37.8 Å². The number of halogens is 1. The molecule has 2 aliphatic rings. The Morgan fingerprint density at radius 3 is 1.52 bits per heavy atom. The summed E-state index contributed by atoms with van der Waals surface area (Å²) in [5, 5.41) is 0. The summed E-state index contributed by atoms with van der Waals surface area (Å²) in [6, 6.07) is 22.1. The van der Waals surface area contributed by atoms with Gasteiger partial charge in [-0.2, -0.15) is 0 Å². The largest absolute Gasteiger partial charge is 0.327 e. The van der Waals surface area contributed by atoms with Gasteiger partial charge in [0.2, 0.25) is 0 Å². The first kappa shape index (κ1) is 24.3. The lowest BCUT2D eigenvalue weighted by Crippen LogP contribution is -2.55. The van der Waals surface area contributed by atoms with E-state index >= 15 is 0 Å². The first-order valence-electron chi connectivity index (χ1n) is 11.9. The molecule has 3 nitrogen and oxygen atoms in total. The predicted octanol–water partition coefficient (Wildman–Crippen LogP) is 5.05. The van der Waals surface area contributed by atoms with Gasteiger partial charge in [0.1, 0.15) is 0 Å².